The van der Waals surface area contributed by atoms with E-state index in [0.717, 1.165) is 5.56 Å². The molecule has 2 atom stereocenters. The van der Waals surface area contributed by atoms with E-state index < -0.39 is 17.8 Å². The van der Waals surface area contributed by atoms with Crippen LogP contribution in [0.2, 0.25) is 5.02 Å². The summed E-state index contributed by atoms with van der Waals surface area (Å²) in [5.41, 5.74) is 0.820. The van der Waals surface area contributed by atoms with E-state index in [9.17, 15) is 9.59 Å². The van der Waals surface area contributed by atoms with Crippen molar-refractivity contribution in [3.8, 4) is 0 Å². The Morgan fingerprint density at radius 3 is 2.50 bits per heavy atom. The van der Waals surface area contributed by atoms with Gasteiger partial charge < -0.3 is 10.4 Å². The van der Waals surface area contributed by atoms with E-state index in [1.54, 1.807) is 6.07 Å². The molecule has 1 aliphatic carbocycles. The van der Waals surface area contributed by atoms with E-state index >= 15 is 0 Å². The minimum Gasteiger partial charge on any atom is -0.481 e. The van der Waals surface area contributed by atoms with Crippen LogP contribution in [-0.4, -0.2) is 17.0 Å². The number of amides is 1. The van der Waals surface area contributed by atoms with Crippen LogP contribution in [0.25, 0.3) is 0 Å². The lowest BCUT2D eigenvalue weighted by Crippen LogP contribution is -2.38. The van der Waals surface area contributed by atoms with Crippen molar-refractivity contribution in [1.82, 2.24) is 5.32 Å². The van der Waals surface area contributed by atoms with Crippen LogP contribution in [0, 0.1) is 11.8 Å². The first-order chi connectivity index (χ1) is 9.59. The summed E-state index contributed by atoms with van der Waals surface area (Å²) < 4.78 is 0. The van der Waals surface area contributed by atoms with Gasteiger partial charge >= 0.3 is 5.97 Å². The number of carboxylic acid groups (broad SMARTS) is 1. The topological polar surface area (TPSA) is 66.4 Å². The van der Waals surface area contributed by atoms with Gasteiger partial charge in [-0.2, -0.15) is 0 Å². The molecule has 2 N–H and O–H groups in total. The van der Waals surface area contributed by atoms with Crippen LogP contribution >= 0.6 is 11.6 Å². The van der Waals surface area contributed by atoms with Crippen molar-refractivity contribution in [2.24, 2.45) is 11.8 Å². The fourth-order valence-electron chi connectivity index (χ4n) is 2.33. The highest BCUT2D eigenvalue weighted by atomic mass is 35.5. The van der Waals surface area contributed by atoms with Crippen LogP contribution in [0.5, 0.6) is 0 Å². The summed E-state index contributed by atoms with van der Waals surface area (Å²) >= 11 is 6.02. The predicted octanol–water partition coefficient (Wildman–Crippen LogP) is 2.62. The van der Waals surface area contributed by atoms with Gasteiger partial charge in [0, 0.05) is 11.6 Å². The van der Waals surface area contributed by atoms with Gasteiger partial charge in [0.05, 0.1) is 11.8 Å². The first-order valence-corrected chi connectivity index (χ1v) is 6.86. The predicted molar refractivity (Wildman–Crippen MR) is 76.3 cm³/mol. The molecule has 20 heavy (non-hydrogen) atoms. The van der Waals surface area contributed by atoms with Crippen molar-refractivity contribution in [3.05, 3.63) is 47.0 Å². The minimum absolute atomic E-state index is 0.235. The summed E-state index contributed by atoms with van der Waals surface area (Å²) in [6, 6.07) is 7.25. The molecule has 1 amide bonds. The smallest absolute Gasteiger partial charge is 0.307 e. The van der Waals surface area contributed by atoms with Gasteiger partial charge in [0.25, 0.3) is 0 Å². The lowest BCUT2D eigenvalue weighted by Gasteiger charge is -2.24. The number of allylic oxidation sites excluding steroid dienone is 2. The fourth-order valence-corrected chi connectivity index (χ4v) is 2.53. The Bertz CT molecular complexity index is 542. The first-order valence-electron chi connectivity index (χ1n) is 6.48. The molecule has 0 saturated carbocycles. The van der Waals surface area contributed by atoms with Crippen LogP contribution in [0.15, 0.2) is 36.4 Å². The van der Waals surface area contributed by atoms with Gasteiger partial charge in [-0.3, -0.25) is 9.59 Å². The fraction of sp³-hybridized carbons (Fsp3) is 0.333. The number of carbonyl (C=O) groups is 2. The highest BCUT2D eigenvalue weighted by molar-refractivity contribution is 6.31. The third-order valence-corrected chi connectivity index (χ3v) is 3.87. The highest BCUT2D eigenvalue weighted by Gasteiger charge is 2.33. The Labute approximate surface area is 122 Å². The van der Waals surface area contributed by atoms with Crippen molar-refractivity contribution >= 4 is 23.5 Å². The Hall–Kier alpha value is -1.81. The molecule has 0 fully saturated rings. The van der Waals surface area contributed by atoms with Crippen LogP contribution in [0.1, 0.15) is 18.4 Å². The molecule has 0 unspecified atom stereocenters. The van der Waals surface area contributed by atoms with Crippen LogP contribution in [0.3, 0.4) is 0 Å². The zero-order chi connectivity index (χ0) is 14.5. The number of aliphatic carboxylic acids is 1. The normalized spacial score (nSPS) is 21.4. The molecule has 4 nitrogen and oxygen atoms in total. The molecule has 0 bridgehead atoms. The van der Waals surface area contributed by atoms with E-state index in [2.05, 4.69) is 5.32 Å². The van der Waals surface area contributed by atoms with E-state index in [1.165, 1.54) is 0 Å². The number of benzene rings is 1. The monoisotopic (exact) mass is 293 g/mol. The Balaban J connectivity index is 1.99. The summed E-state index contributed by atoms with van der Waals surface area (Å²) in [6.45, 7) is 0.311. The SMILES string of the molecule is O=C(O)[C@H]1CC=CC[C@H]1C(=O)NCc1ccccc1Cl. The molecule has 0 aliphatic heterocycles. The van der Waals surface area contributed by atoms with E-state index in [1.807, 2.05) is 30.4 Å². The summed E-state index contributed by atoms with van der Waals surface area (Å²) in [7, 11) is 0. The van der Waals surface area contributed by atoms with Gasteiger partial charge in [0.15, 0.2) is 0 Å². The number of rotatable bonds is 4. The van der Waals surface area contributed by atoms with E-state index in [4.69, 9.17) is 16.7 Å². The van der Waals surface area contributed by atoms with E-state index in [0.29, 0.717) is 24.4 Å². The Kier molecular flexibility index (Phi) is 4.79. The zero-order valence-corrected chi connectivity index (χ0v) is 11.6. The summed E-state index contributed by atoms with van der Waals surface area (Å²) in [5, 5.41) is 12.5. The molecule has 1 aromatic carbocycles. The molecular weight excluding hydrogens is 278 g/mol. The van der Waals surface area contributed by atoms with Gasteiger partial charge in [0.1, 0.15) is 0 Å². The minimum atomic E-state index is -0.924. The van der Waals surface area contributed by atoms with E-state index in [-0.39, 0.29) is 5.91 Å². The summed E-state index contributed by atoms with van der Waals surface area (Å²) in [4.78, 5) is 23.3. The van der Waals surface area contributed by atoms with Crippen LogP contribution in [0.4, 0.5) is 0 Å². The maximum Gasteiger partial charge on any atom is 0.307 e. The van der Waals surface area contributed by atoms with Crippen molar-refractivity contribution in [3.63, 3.8) is 0 Å². The summed E-state index contributed by atoms with van der Waals surface area (Å²) in [6.07, 6.45) is 4.54. The quantitative estimate of drug-likeness (QED) is 0.839. The van der Waals surface area contributed by atoms with Gasteiger partial charge in [-0.1, -0.05) is 42.0 Å². The molecule has 0 saturated heterocycles. The molecule has 0 radical (unpaired) electrons. The summed E-state index contributed by atoms with van der Waals surface area (Å²) in [5.74, 6) is -2.32. The van der Waals surface area contributed by atoms with Crippen molar-refractivity contribution in [1.29, 1.82) is 0 Å². The number of carbonyl (C=O) groups excluding carboxylic acids is 1. The number of halogens is 1. The molecule has 0 spiro atoms. The van der Waals surface area contributed by atoms with Gasteiger partial charge in [-0.15, -0.1) is 0 Å². The molecular formula is C15H16ClNO3. The number of hydrogen-bond donors (Lipinski definition) is 2. The maximum atomic E-state index is 12.1. The molecule has 1 aromatic rings. The van der Waals surface area contributed by atoms with Crippen molar-refractivity contribution in [2.75, 3.05) is 0 Å². The molecule has 0 heterocycles. The van der Waals surface area contributed by atoms with Crippen molar-refractivity contribution in [2.45, 2.75) is 19.4 Å². The Morgan fingerprint density at radius 2 is 1.85 bits per heavy atom. The van der Waals surface area contributed by atoms with Crippen molar-refractivity contribution < 1.29 is 14.7 Å². The van der Waals surface area contributed by atoms with Crippen LogP contribution in [-0.2, 0) is 16.1 Å². The number of hydrogen-bond acceptors (Lipinski definition) is 2. The van der Waals surface area contributed by atoms with Gasteiger partial charge in [-0.25, -0.2) is 0 Å². The molecule has 5 heteroatoms. The van der Waals surface area contributed by atoms with Crippen LogP contribution < -0.4 is 5.32 Å². The molecule has 2 rings (SSSR count). The largest absolute Gasteiger partial charge is 0.481 e. The average molecular weight is 294 g/mol. The molecule has 1 aliphatic rings. The molecule has 106 valence electrons. The second kappa shape index (κ2) is 6.57. The standard InChI is InChI=1S/C15H16ClNO3/c16-13-8-4-1-5-10(13)9-17-14(18)11-6-2-3-7-12(11)15(19)20/h1-5,8,11-12H,6-7,9H2,(H,17,18)(H,19,20)/t11-,12+/m1/s1. The average Bonchev–Trinajstić information content (AvgIpc) is 2.46. The highest BCUT2D eigenvalue weighted by Crippen LogP contribution is 2.26. The first kappa shape index (κ1) is 14.6. The molecule has 0 aromatic heterocycles. The Morgan fingerprint density at radius 1 is 1.20 bits per heavy atom. The number of carboxylic acids is 1. The second-order valence-electron chi connectivity index (χ2n) is 4.80. The van der Waals surface area contributed by atoms with Gasteiger partial charge in [0.2, 0.25) is 5.91 Å². The lowest BCUT2D eigenvalue weighted by molar-refractivity contribution is -0.147. The third kappa shape index (κ3) is 3.39. The third-order valence-electron chi connectivity index (χ3n) is 3.50. The zero-order valence-electron chi connectivity index (χ0n) is 10.9. The maximum absolute atomic E-state index is 12.1. The van der Waals surface area contributed by atoms with Gasteiger partial charge in [-0.05, 0) is 24.5 Å². The second-order valence-corrected chi connectivity index (χ2v) is 5.21. The number of nitrogens with one attached hydrogen (secondary N) is 1. The lowest BCUT2D eigenvalue weighted by atomic mass is 9.82.